The van der Waals surface area contributed by atoms with E-state index < -0.39 is 5.82 Å². The van der Waals surface area contributed by atoms with Crippen LogP contribution in [0.5, 0.6) is 0 Å². The number of amides is 3. The van der Waals surface area contributed by atoms with Gasteiger partial charge in [0.2, 0.25) is 0 Å². The normalized spacial score (nSPS) is 19.0. The molecule has 0 aromatic heterocycles. The van der Waals surface area contributed by atoms with E-state index in [9.17, 15) is 14.0 Å². The molecule has 3 amide bonds. The summed E-state index contributed by atoms with van der Waals surface area (Å²) in [5, 5.41) is 6.11. The van der Waals surface area contributed by atoms with Crippen molar-refractivity contribution in [2.75, 3.05) is 32.7 Å². The molecule has 2 saturated heterocycles. The summed E-state index contributed by atoms with van der Waals surface area (Å²) in [6.45, 7) is 9.98. The lowest BCUT2D eigenvalue weighted by atomic mass is 9.94. The maximum Gasteiger partial charge on any atom is 0.317 e. The van der Waals surface area contributed by atoms with Gasteiger partial charge in [0.15, 0.2) is 0 Å². The van der Waals surface area contributed by atoms with Gasteiger partial charge < -0.3 is 15.5 Å². The van der Waals surface area contributed by atoms with E-state index in [2.05, 4.69) is 15.5 Å². The fourth-order valence-corrected chi connectivity index (χ4v) is 4.02. The summed E-state index contributed by atoms with van der Waals surface area (Å²) < 4.78 is 13.4. The summed E-state index contributed by atoms with van der Waals surface area (Å²) in [5.74, 6) is -0.408. The van der Waals surface area contributed by atoms with Crippen LogP contribution in [0, 0.1) is 11.7 Å². The third-order valence-corrected chi connectivity index (χ3v) is 5.69. The van der Waals surface area contributed by atoms with Crippen LogP contribution in [0.4, 0.5) is 9.18 Å². The molecule has 0 bridgehead atoms. The molecule has 1 aromatic carbocycles. The number of carbonyl (C=O) groups excluding carboxylic acids is 2. The van der Waals surface area contributed by atoms with Crippen molar-refractivity contribution in [1.29, 1.82) is 0 Å². The van der Waals surface area contributed by atoms with Crippen LogP contribution in [-0.4, -0.2) is 66.0 Å². The van der Waals surface area contributed by atoms with Gasteiger partial charge >= 0.3 is 6.03 Å². The first-order valence-corrected chi connectivity index (χ1v) is 10.5. The zero-order chi connectivity index (χ0) is 21.2. The summed E-state index contributed by atoms with van der Waals surface area (Å²) in [6.07, 6.45) is 1.99. The van der Waals surface area contributed by atoms with Crippen molar-refractivity contribution in [2.24, 2.45) is 5.92 Å². The number of nitrogens with zero attached hydrogens (tertiary/aromatic N) is 2. The molecular formula is C21H30ClFN4O2. The van der Waals surface area contributed by atoms with Crippen LogP contribution in [0.15, 0.2) is 18.2 Å². The summed E-state index contributed by atoms with van der Waals surface area (Å²) in [5.41, 5.74) is 0.0254. The van der Waals surface area contributed by atoms with Crippen LogP contribution in [0.3, 0.4) is 0 Å². The summed E-state index contributed by atoms with van der Waals surface area (Å²) in [7, 11) is 0. The minimum absolute atomic E-state index is 0.00352. The van der Waals surface area contributed by atoms with Crippen LogP contribution >= 0.6 is 11.6 Å². The molecule has 0 unspecified atom stereocenters. The fraction of sp³-hybridized carbons (Fsp3) is 0.619. The molecule has 2 aliphatic rings. The van der Waals surface area contributed by atoms with Gasteiger partial charge in [-0.1, -0.05) is 11.6 Å². The predicted octanol–water partition coefficient (Wildman–Crippen LogP) is 3.11. The van der Waals surface area contributed by atoms with E-state index in [1.165, 1.54) is 18.2 Å². The summed E-state index contributed by atoms with van der Waals surface area (Å²) in [6, 6.07) is 4.28. The maximum absolute atomic E-state index is 13.4. The van der Waals surface area contributed by atoms with Gasteiger partial charge in [-0.25, -0.2) is 9.18 Å². The molecule has 2 aliphatic heterocycles. The zero-order valence-electron chi connectivity index (χ0n) is 17.3. The molecule has 0 atom stereocenters. The molecule has 8 heteroatoms. The Bertz CT molecular complexity index is 733. The number of halogens is 2. The first kappa shape index (κ1) is 21.8. The van der Waals surface area contributed by atoms with Crippen LogP contribution in [0.1, 0.15) is 44.0 Å². The number of hydrogen-bond donors (Lipinski definition) is 2. The molecule has 1 aromatic rings. The van der Waals surface area contributed by atoms with Crippen LogP contribution in [-0.2, 0) is 0 Å². The van der Waals surface area contributed by atoms with E-state index in [0.29, 0.717) is 18.5 Å². The Morgan fingerprint density at radius 1 is 1.17 bits per heavy atom. The van der Waals surface area contributed by atoms with Crippen LogP contribution in [0.2, 0.25) is 5.02 Å². The van der Waals surface area contributed by atoms with Crippen molar-refractivity contribution >= 4 is 23.5 Å². The summed E-state index contributed by atoms with van der Waals surface area (Å²) >= 11 is 5.82. The maximum atomic E-state index is 13.4. The predicted molar refractivity (Wildman–Crippen MR) is 112 cm³/mol. The highest BCUT2D eigenvalue weighted by molar-refractivity contribution is 6.31. The van der Waals surface area contributed by atoms with E-state index in [0.717, 1.165) is 39.0 Å². The molecule has 2 fully saturated rings. The highest BCUT2D eigenvalue weighted by Crippen LogP contribution is 2.23. The van der Waals surface area contributed by atoms with Gasteiger partial charge in [0.1, 0.15) is 5.82 Å². The number of rotatable bonds is 4. The number of nitrogens with one attached hydrogen (secondary N) is 2. The molecule has 0 radical (unpaired) electrons. The number of urea groups is 1. The molecule has 2 heterocycles. The lowest BCUT2D eigenvalue weighted by molar-refractivity contribution is 0.0331. The molecule has 2 N–H and O–H groups in total. The van der Waals surface area contributed by atoms with Gasteiger partial charge in [-0.2, -0.15) is 0 Å². The van der Waals surface area contributed by atoms with Crippen molar-refractivity contribution in [3.8, 4) is 0 Å². The van der Waals surface area contributed by atoms with E-state index in [-0.39, 0.29) is 28.1 Å². The van der Waals surface area contributed by atoms with Crippen molar-refractivity contribution < 1.29 is 14.0 Å². The van der Waals surface area contributed by atoms with E-state index in [1.807, 2.05) is 25.7 Å². The third-order valence-electron chi connectivity index (χ3n) is 5.47. The van der Waals surface area contributed by atoms with Crippen molar-refractivity contribution in [3.63, 3.8) is 0 Å². The monoisotopic (exact) mass is 424 g/mol. The van der Waals surface area contributed by atoms with Crippen molar-refractivity contribution in [3.05, 3.63) is 34.6 Å². The van der Waals surface area contributed by atoms with Gasteiger partial charge in [-0.3, -0.25) is 9.69 Å². The van der Waals surface area contributed by atoms with Gasteiger partial charge in [0.25, 0.3) is 5.91 Å². The molecule has 29 heavy (non-hydrogen) atoms. The lowest BCUT2D eigenvalue weighted by Gasteiger charge is -2.48. The lowest BCUT2D eigenvalue weighted by Crippen LogP contribution is -2.65. The molecule has 6 nitrogen and oxygen atoms in total. The first-order chi connectivity index (χ1) is 13.6. The number of piperidine rings is 1. The largest absolute Gasteiger partial charge is 0.352 e. The quantitative estimate of drug-likeness (QED) is 0.780. The van der Waals surface area contributed by atoms with E-state index >= 15 is 0 Å². The standard InChI is InChI=1S/C21H30ClFN4O2/c1-21(2,3)25-20(29)27-12-18(13-27)26-6-4-14(5-7-26)11-24-19(28)15-8-16(22)10-17(23)9-15/h8-10,14,18H,4-7,11-13H2,1-3H3,(H,24,28)(H,25,29). The topological polar surface area (TPSA) is 64.7 Å². The van der Waals surface area contributed by atoms with Gasteiger partial charge in [0.05, 0.1) is 0 Å². The second-order valence-electron chi connectivity index (χ2n) is 9.09. The fourth-order valence-electron chi connectivity index (χ4n) is 3.80. The molecule has 0 saturated carbocycles. The van der Waals surface area contributed by atoms with Crippen LogP contribution < -0.4 is 10.6 Å². The number of benzene rings is 1. The molecule has 160 valence electrons. The Hall–Kier alpha value is -1.86. The van der Waals surface area contributed by atoms with Crippen LogP contribution in [0.25, 0.3) is 0 Å². The SMILES string of the molecule is CC(C)(C)NC(=O)N1CC(N2CCC(CNC(=O)c3cc(F)cc(Cl)c3)CC2)C1. The molecule has 0 spiro atoms. The minimum atomic E-state index is -0.512. The minimum Gasteiger partial charge on any atom is -0.352 e. The first-order valence-electron chi connectivity index (χ1n) is 10.2. The van der Waals surface area contributed by atoms with E-state index in [1.54, 1.807) is 0 Å². The Labute approximate surface area is 176 Å². The summed E-state index contributed by atoms with van der Waals surface area (Å²) in [4.78, 5) is 28.7. The Morgan fingerprint density at radius 3 is 2.41 bits per heavy atom. The number of carbonyl (C=O) groups is 2. The Morgan fingerprint density at radius 2 is 1.83 bits per heavy atom. The molecular weight excluding hydrogens is 395 g/mol. The van der Waals surface area contributed by atoms with Gasteiger partial charge in [0, 0.05) is 41.8 Å². The average molecular weight is 425 g/mol. The number of likely N-dealkylation sites (tertiary alicyclic amines) is 2. The number of hydrogen-bond acceptors (Lipinski definition) is 3. The smallest absolute Gasteiger partial charge is 0.317 e. The molecule has 0 aliphatic carbocycles. The van der Waals surface area contributed by atoms with Crippen molar-refractivity contribution in [1.82, 2.24) is 20.4 Å². The van der Waals surface area contributed by atoms with Gasteiger partial charge in [-0.15, -0.1) is 0 Å². The Kier molecular flexibility index (Phi) is 6.69. The average Bonchev–Trinajstić information content (AvgIpc) is 2.57. The Balaban J connectivity index is 1.37. The zero-order valence-corrected chi connectivity index (χ0v) is 18.1. The third kappa shape index (κ3) is 6.06. The highest BCUT2D eigenvalue weighted by Gasteiger charge is 2.37. The highest BCUT2D eigenvalue weighted by atomic mass is 35.5. The second-order valence-corrected chi connectivity index (χ2v) is 9.52. The van der Waals surface area contributed by atoms with Crippen molar-refractivity contribution in [2.45, 2.75) is 45.2 Å². The second kappa shape index (κ2) is 8.88. The van der Waals surface area contributed by atoms with Gasteiger partial charge in [-0.05, 0) is 70.8 Å². The van der Waals surface area contributed by atoms with E-state index in [4.69, 9.17) is 11.6 Å². The molecule has 3 rings (SSSR count).